The molecular formula is C17H15N3O4. The first-order valence-electron chi connectivity index (χ1n) is 7.47. The van der Waals surface area contributed by atoms with Crippen LogP contribution in [0.2, 0.25) is 0 Å². The molecule has 7 heteroatoms. The summed E-state index contributed by atoms with van der Waals surface area (Å²) in [6, 6.07) is 5.37. The molecule has 0 bridgehead atoms. The lowest BCUT2D eigenvalue weighted by Crippen LogP contribution is -2.54. The number of fused-ring (bicyclic) bond motifs is 2. The van der Waals surface area contributed by atoms with Crippen molar-refractivity contribution < 1.29 is 19.5 Å². The number of aliphatic hydroxyl groups is 1. The van der Waals surface area contributed by atoms with E-state index in [1.807, 2.05) is 0 Å². The minimum atomic E-state index is -1.29. The summed E-state index contributed by atoms with van der Waals surface area (Å²) in [7, 11) is 0. The van der Waals surface area contributed by atoms with Crippen molar-refractivity contribution >= 4 is 17.5 Å². The number of allylic oxidation sites excluding steroid dienone is 1. The zero-order valence-corrected chi connectivity index (χ0v) is 12.8. The summed E-state index contributed by atoms with van der Waals surface area (Å²) in [4.78, 5) is 38.0. The molecule has 7 nitrogen and oxygen atoms in total. The van der Waals surface area contributed by atoms with Crippen molar-refractivity contribution in [3.8, 4) is 0 Å². The van der Waals surface area contributed by atoms with Crippen LogP contribution in [0.3, 0.4) is 0 Å². The minimum absolute atomic E-state index is 0.0251. The number of ketones is 2. The van der Waals surface area contributed by atoms with E-state index in [4.69, 9.17) is 11.5 Å². The van der Waals surface area contributed by atoms with Crippen LogP contribution in [0.5, 0.6) is 0 Å². The fourth-order valence-corrected chi connectivity index (χ4v) is 3.85. The Hall–Kier alpha value is -2.77. The van der Waals surface area contributed by atoms with Gasteiger partial charge in [-0.25, -0.2) is 0 Å². The van der Waals surface area contributed by atoms with Crippen LogP contribution < -0.4 is 16.8 Å². The zero-order chi connectivity index (χ0) is 17.4. The highest BCUT2D eigenvalue weighted by Crippen LogP contribution is 2.49. The van der Waals surface area contributed by atoms with E-state index in [2.05, 4.69) is 5.32 Å². The van der Waals surface area contributed by atoms with Gasteiger partial charge in [-0.2, -0.15) is 0 Å². The number of rotatable bonds is 0. The first-order chi connectivity index (χ1) is 11.3. The second-order valence-electron chi connectivity index (χ2n) is 6.42. The van der Waals surface area contributed by atoms with Crippen molar-refractivity contribution in [1.29, 1.82) is 0 Å². The van der Waals surface area contributed by atoms with Gasteiger partial charge in [0.05, 0.1) is 22.3 Å². The van der Waals surface area contributed by atoms with Gasteiger partial charge in [-0.15, -0.1) is 0 Å². The van der Waals surface area contributed by atoms with Crippen molar-refractivity contribution in [3.63, 3.8) is 0 Å². The Labute approximate surface area is 137 Å². The number of carbonyl (C=O) groups is 3. The van der Waals surface area contributed by atoms with Crippen LogP contribution >= 0.6 is 0 Å². The van der Waals surface area contributed by atoms with Gasteiger partial charge in [0.1, 0.15) is 6.23 Å². The predicted molar refractivity (Wildman–Crippen MR) is 83.6 cm³/mol. The van der Waals surface area contributed by atoms with E-state index < -0.39 is 35.2 Å². The second kappa shape index (κ2) is 4.40. The molecule has 6 N–H and O–H groups in total. The van der Waals surface area contributed by atoms with Gasteiger partial charge in [0.15, 0.2) is 11.6 Å². The molecule has 1 aromatic rings. The molecule has 4 rings (SSSR count). The van der Waals surface area contributed by atoms with E-state index in [0.717, 1.165) is 0 Å². The molecule has 1 fully saturated rings. The van der Waals surface area contributed by atoms with Crippen LogP contribution in [0.25, 0.3) is 0 Å². The highest BCUT2D eigenvalue weighted by atomic mass is 16.3. The first-order valence-corrected chi connectivity index (χ1v) is 7.47. The summed E-state index contributed by atoms with van der Waals surface area (Å²) in [5, 5.41) is 12.6. The molecule has 3 atom stereocenters. The highest BCUT2D eigenvalue weighted by molar-refractivity contribution is 6.30. The maximum Gasteiger partial charge on any atom is 0.252 e. The SMILES string of the molecule is CC12C(=C(N)C3=C(C(=O)c4ccccc4C3=O)C1N)C(=O)NC2O. The smallest absolute Gasteiger partial charge is 0.252 e. The van der Waals surface area contributed by atoms with Gasteiger partial charge in [-0.05, 0) is 6.92 Å². The molecule has 0 radical (unpaired) electrons. The molecule has 24 heavy (non-hydrogen) atoms. The van der Waals surface area contributed by atoms with Crippen molar-refractivity contribution in [2.75, 3.05) is 0 Å². The lowest BCUT2D eigenvalue weighted by atomic mass is 9.64. The van der Waals surface area contributed by atoms with Gasteiger partial charge in [0.25, 0.3) is 5.91 Å². The third-order valence-electron chi connectivity index (χ3n) is 5.25. The molecule has 3 aliphatic rings. The van der Waals surface area contributed by atoms with Gasteiger partial charge >= 0.3 is 0 Å². The number of carbonyl (C=O) groups excluding carboxylic acids is 3. The zero-order valence-electron chi connectivity index (χ0n) is 12.8. The van der Waals surface area contributed by atoms with Crippen LogP contribution in [0, 0.1) is 5.41 Å². The summed E-state index contributed by atoms with van der Waals surface area (Å²) >= 11 is 0. The molecule has 1 amide bonds. The van der Waals surface area contributed by atoms with Crippen molar-refractivity contribution in [2.24, 2.45) is 16.9 Å². The molecule has 0 saturated carbocycles. The summed E-state index contributed by atoms with van der Waals surface area (Å²) in [6.07, 6.45) is -1.29. The quantitative estimate of drug-likeness (QED) is 0.501. The Kier molecular flexibility index (Phi) is 2.71. The van der Waals surface area contributed by atoms with Crippen molar-refractivity contribution in [3.05, 3.63) is 57.8 Å². The van der Waals surface area contributed by atoms with Gasteiger partial charge < -0.3 is 21.9 Å². The largest absolute Gasteiger partial charge is 0.398 e. The van der Waals surface area contributed by atoms with E-state index in [9.17, 15) is 19.5 Å². The topological polar surface area (TPSA) is 136 Å². The van der Waals surface area contributed by atoms with Gasteiger partial charge in [-0.1, -0.05) is 24.3 Å². The Bertz CT molecular complexity index is 914. The molecule has 122 valence electrons. The van der Waals surface area contributed by atoms with Crippen LogP contribution in [-0.4, -0.2) is 34.8 Å². The molecule has 1 aliphatic heterocycles. The Morgan fingerprint density at radius 1 is 1.12 bits per heavy atom. The van der Waals surface area contributed by atoms with Crippen LogP contribution in [0.15, 0.2) is 46.7 Å². The maximum atomic E-state index is 12.9. The van der Waals surface area contributed by atoms with E-state index in [0.29, 0.717) is 0 Å². The Balaban J connectivity index is 2.05. The molecule has 0 aromatic heterocycles. The summed E-state index contributed by atoms with van der Waals surface area (Å²) in [6.45, 7) is 1.56. The fourth-order valence-electron chi connectivity index (χ4n) is 3.85. The van der Waals surface area contributed by atoms with Gasteiger partial charge in [-0.3, -0.25) is 14.4 Å². The van der Waals surface area contributed by atoms with E-state index in [-0.39, 0.29) is 33.5 Å². The number of Topliss-reactive ketones (excluding diaryl/α,β-unsaturated/α-hetero) is 2. The fraction of sp³-hybridized carbons (Fsp3) is 0.235. The predicted octanol–water partition coefficient (Wildman–Crippen LogP) is -0.630. The lowest BCUT2D eigenvalue weighted by Gasteiger charge is -2.41. The number of nitrogens with two attached hydrogens (primary N) is 2. The number of amides is 1. The first kappa shape index (κ1) is 14.8. The normalized spacial score (nSPS) is 31.7. The molecular weight excluding hydrogens is 310 g/mol. The number of hydrogen-bond donors (Lipinski definition) is 4. The highest BCUT2D eigenvalue weighted by Gasteiger charge is 2.58. The van der Waals surface area contributed by atoms with E-state index in [1.54, 1.807) is 31.2 Å². The standard InChI is InChI=1S/C17H15N3O4/c1-17-10(15(23)20-16(17)24)11(18)8-9(14(17)19)13(22)7-5-3-2-4-6(7)12(8)21/h2-5,14,16,24H,18-19H2,1H3,(H,20,23). The molecule has 0 spiro atoms. The maximum absolute atomic E-state index is 12.9. The summed E-state index contributed by atoms with van der Waals surface area (Å²) < 4.78 is 0. The molecule has 1 saturated heterocycles. The van der Waals surface area contributed by atoms with E-state index >= 15 is 0 Å². The van der Waals surface area contributed by atoms with Crippen LogP contribution in [0.1, 0.15) is 27.6 Å². The monoisotopic (exact) mass is 325 g/mol. The van der Waals surface area contributed by atoms with Gasteiger partial charge in [0.2, 0.25) is 0 Å². The van der Waals surface area contributed by atoms with Crippen LogP contribution in [0.4, 0.5) is 0 Å². The number of hydrogen-bond acceptors (Lipinski definition) is 6. The number of benzene rings is 1. The van der Waals surface area contributed by atoms with Crippen molar-refractivity contribution in [2.45, 2.75) is 19.2 Å². The summed E-state index contributed by atoms with van der Waals surface area (Å²) in [5.41, 5.74) is 11.6. The third kappa shape index (κ3) is 1.46. The average Bonchev–Trinajstić information content (AvgIpc) is 2.79. The van der Waals surface area contributed by atoms with Gasteiger partial charge in [0, 0.05) is 22.7 Å². The third-order valence-corrected chi connectivity index (χ3v) is 5.25. The summed E-state index contributed by atoms with van der Waals surface area (Å²) in [5.74, 6) is -1.41. The van der Waals surface area contributed by atoms with Crippen LogP contribution in [-0.2, 0) is 4.79 Å². The second-order valence-corrected chi connectivity index (χ2v) is 6.42. The Morgan fingerprint density at radius 2 is 1.71 bits per heavy atom. The molecule has 2 aliphatic carbocycles. The number of nitrogens with one attached hydrogen (secondary N) is 1. The van der Waals surface area contributed by atoms with Crippen molar-refractivity contribution in [1.82, 2.24) is 5.32 Å². The average molecular weight is 325 g/mol. The molecule has 3 unspecified atom stereocenters. The molecule has 1 heterocycles. The minimum Gasteiger partial charge on any atom is -0.398 e. The number of aliphatic hydroxyl groups excluding tert-OH is 1. The van der Waals surface area contributed by atoms with E-state index in [1.165, 1.54) is 0 Å². The lowest BCUT2D eigenvalue weighted by molar-refractivity contribution is -0.117. The Morgan fingerprint density at radius 3 is 2.33 bits per heavy atom. The molecule has 1 aromatic carbocycles.